The first kappa shape index (κ1) is 90.3. The van der Waals surface area contributed by atoms with Crippen molar-refractivity contribution in [3.8, 4) is 77.9 Å². The largest absolute Gasteiger partial charge is 0.135 e. The summed E-state index contributed by atoms with van der Waals surface area (Å²) in [5.74, 6) is 0. The molecule has 0 bridgehead atoms. The van der Waals surface area contributed by atoms with Crippen molar-refractivity contribution in [2.24, 2.45) is 0 Å². The lowest BCUT2D eigenvalue weighted by atomic mass is 9.99. The van der Waals surface area contributed by atoms with Crippen molar-refractivity contribution >= 4 is 221 Å². The van der Waals surface area contributed by atoms with Crippen LogP contribution in [0.15, 0.2) is 467 Å². The summed E-state index contributed by atoms with van der Waals surface area (Å²) in [4.78, 5) is 0. The van der Waals surface area contributed by atoms with Gasteiger partial charge in [-0.2, -0.15) is 0 Å². The second-order valence-electron chi connectivity index (χ2n) is 36.0. The standard InChI is InChI=1S/7C19H14S/c1-13-6-4-7-14(12-13)15-9-5-10-17-16-8-2-3-11-18(16)20-19(15)17;1-13-7-2-3-8-14(13)16-10-6-11-17-15-9-4-5-12-18(15)20-19(16)17;1-13-5-4-6-14(11-13)15-9-10-19-17(12-15)16-7-2-3-8-18(16)20-19;1-13-6-2-3-7-15(13)14-10-11-19-17(12-14)16-8-4-5-9-18(16)20-19;1-13-9-11-14(12-10-13)15-6-4-7-17-16-5-2-3-8-18(16)20-19(15)17;1-13-6-8-14(9-7-13)15-10-11-19-17(12-15)16-4-2-3-5-18(16)20-19;1-13-7-9-18-16(11-13)17-12-15(8-10-19(17)20-18)14-5-3-2-4-6-14/h7*2-12H,1H3. The van der Waals surface area contributed by atoms with Crippen LogP contribution in [0.25, 0.3) is 219 Å². The van der Waals surface area contributed by atoms with Crippen LogP contribution in [-0.2, 0) is 0 Å². The minimum absolute atomic E-state index is 1.28. The molecule has 0 aliphatic rings. The molecule has 7 heterocycles. The summed E-state index contributed by atoms with van der Waals surface area (Å²) in [6, 6.07) is 168. The molecule has 0 saturated heterocycles. The van der Waals surface area contributed by atoms with Crippen LogP contribution < -0.4 is 0 Å². The third-order valence-corrected chi connectivity index (χ3v) is 34.7. The zero-order chi connectivity index (χ0) is 94.7. The third-order valence-electron chi connectivity index (χ3n) is 26.4. The summed E-state index contributed by atoms with van der Waals surface area (Å²) in [6.45, 7) is 15.1. The molecular weight excluding hydrogens is 1820 g/mol. The second kappa shape index (κ2) is 40.3. The number of aryl methyl sites for hydroxylation is 7. The van der Waals surface area contributed by atoms with E-state index in [-0.39, 0.29) is 0 Å². The van der Waals surface area contributed by atoms with Gasteiger partial charge in [-0.3, -0.25) is 0 Å². The van der Waals surface area contributed by atoms with Gasteiger partial charge >= 0.3 is 0 Å². The molecule has 0 unspecified atom stereocenters. The van der Waals surface area contributed by atoms with E-state index in [1.807, 2.05) is 79.4 Å². The fourth-order valence-electron chi connectivity index (χ4n) is 19.2. The number of hydrogen-bond donors (Lipinski definition) is 0. The van der Waals surface area contributed by atoms with Gasteiger partial charge in [0.2, 0.25) is 0 Å². The average molecular weight is 1920 g/mol. The molecule has 0 aliphatic heterocycles. The Morgan fingerprint density at radius 2 is 0.350 bits per heavy atom. The summed E-state index contributed by atoms with van der Waals surface area (Å²) in [6.07, 6.45) is 0. The van der Waals surface area contributed by atoms with Crippen LogP contribution in [0, 0.1) is 48.5 Å². The molecule has 0 amide bonds. The first-order valence-corrected chi connectivity index (χ1v) is 53.3. The molecule has 0 fully saturated rings. The topological polar surface area (TPSA) is 0 Å². The van der Waals surface area contributed by atoms with E-state index in [0.29, 0.717) is 0 Å². The average Bonchev–Trinajstić information content (AvgIpc) is 1.52. The summed E-state index contributed by atoms with van der Waals surface area (Å²) in [7, 11) is 0. The highest BCUT2D eigenvalue weighted by Gasteiger charge is 2.18. The van der Waals surface area contributed by atoms with Crippen molar-refractivity contribution in [3.05, 3.63) is 506 Å². The van der Waals surface area contributed by atoms with E-state index in [9.17, 15) is 0 Å². The van der Waals surface area contributed by atoms with Crippen LogP contribution in [-0.4, -0.2) is 0 Å². The molecule has 7 aromatic heterocycles. The number of rotatable bonds is 7. The Bertz CT molecular complexity index is 9380. The lowest BCUT2D eigenvalue weighted by Gasteiger charge is -2.06. The number of hydrogen-bond acceptors (Lipinski definition) is 7. The molecule has 21 aromatic carbocycles. The van der Waals surface area contributed by atoms with Crippen LogP contribution in [0.1, 0.15) is 38.9 Å². The van der Waals surface area contributed by atoms with Gasteiger partial charge in [0, 0.05) is 141 Å². The summed E-state index contributed by atoms with van der Waals surface area (Å²) in [5, 5.41) is 19.1. The lowest BCUT2D eigenvalue weighted by Crippen LogP contribution is -1.82. The third kappa shape index (κ3) is 18.9. The molecule has 0 aliphatic carbocycles. The van der Waals surface area contributed by atoms with Gasteiger partial charge in [0.25, 0.3) is 0 Å². The van der Waals surface area contributed by atoms with Crippen molar-refractivity contribution < 1.29 is 0 Å². The predicted octanol–water partition coefficient (Wildman–Crippen LogP) is 42.2. The number of fused-ring (bicyclic) bond motifs is 21. The molecule has 0 N–H and O–H groups in total. The van der Waals surface area contributed by atoms with E-state index in [4.69, 9.17) is 0 Å². The highest BCUT2D eigenvalue weighted by atomic mass is 32.1. The maximum Gasteiger partial charge on any atom is 0.0433 e. The summed E-state index contributed by atoms with van der Waals surface area (Å²) < 4.78 is 19.2. The van der Waals surface area contributed by atoms with Gasteiger partial charge in [0.05, 0.1) is 0 Å². The Balaban J connectivity index is 0.0000000939. The van der Waals surface area contributed by atoms with Crippen molar-refractivity contribution in [1.82, 2.24) is 0 Å². The second-order valence-corrected chi connectivity index (χ2v) is 43.5. The van der Waals surface area contributed by atoms with Gasteiger partial charge in [-0.15, -0.1) is 79.4 Å². The first-order valence-electron chi connectivity index (χ1n) is 47.6. The van der Waals surface area contributed by atoms with Crippen LogP contribution in [0.5, 0.6) is 0 Å². The van der Waals surface area contributed by atoms with Gasteiger partial charge in [-0.25, -0.2) is 0 Å². The van der Waals surface area contributed by atoms with E-state index in [0.717, 1.165) is 0 Å². The Hall–Kier alpha value is -14.8. The maximum atomic E-state index is 2.33. The van der Waals surface area contributed by atoms with Crippen LogP contribution >= 0.6 is 79.4 Å². The SMILES string of the molecule is Cc1ccc(-c2ccc3sc4ccccc4c3c2)cc1.Cc1ccc(-c2cccc3c2sc2ccccc23)cc1.Cc1ccc2sc3ccc(-c4ccccc4)cc3c2c1.Cc1cccc(-c2ccc3sc4ccccc4c3c2)c1.Cc1cccc(-c2cccc3c2sc2ccccc23)c1.Cc1ccccc1-c1ccc2sc3ccccc3c2c1.Cc1ccccc1-c1cccc2c1sc1ccccc12. The Morgan fingerprint density at radius 3 is 0.786 bits per heavy atom. The smallest absolute Gasteiger partial charge is 0.0433 e. The monoisotopic (exact) mass is 1920 g/mol. The molecular formula is C133H98S7. The van der Waals surface area contributed by atoms with Crippen LogP contribution in [0.3, 0.4) is 0 Å². The summed E-state index contributed by atoms with van der Waals surface area (Å²) >= 11 is 13.1. The van der Waals surface area contributed by atoms with Crippen LogP contribution in [0.4, 0.5) is 0 Å². The molecule has 28 rings (SSSR count). The fourth-order valence-corrected chi connectivity index (χ4v) is 27.2. The Labute approximate surface area is 845 Å². The Kier molecular flexibility index (Phi) is 26.0. The van der Waals surface area contributed by atoms with Crippen molar-refractivity contribution in [2.75, 3.05) is 0 Å². The number of benzene rings is 21. The fraction of sp³-hybridized carbons (Fsp3) is 0.0526. The van der Waals surface area contributed by atoms with Gasteiger partial charge in [0.1, 0.15) is 0 Å². The van der Waals surface area contributed by atoms with Gasteiger partial charge < -0.3 is 0 Å². The van der Waals surface area contributed by atoms with E-state index in [2.05, 4.69) is 516 Å². The highest BCUT2D eigenvalue weighted by molar-refractivity contribution is 7.28. The van der Waals surface area contributed by atoms with E-state index in [1.54, 1.807) is 0 Å². The van der Waals surface area contributed by atoms with E-state index >= 15 is 0 Å². The minimum Gasteiger partial charge on any atom is -0.135 e. The Morgan fingerprint density at radius 1 is 0.114 bits per heavy atom. The number of thiophene rings is 7. The van der Waals surface area contributed by atoms with Gasteiger partial charge in [-0.1, -0.05) is 398 Å². The molecule has 0 saturated carbocycles. The lowest BCUT2D eigenvalue weighted by molar-refractivity contribution is 1.46. The van der Waals surface area contributed by atoms with E-state index in [1.165, 1.54) is 258 Å². The van der Waals surface area contributed by atoms with Crippen molar-refractivity contribution in [1.29, 1.82) is 0 Å². The van der Waals surface area contributed by atoms with Gasteiger partial charge in [0.15, 0.2) is 0 Å². The van der Waals surface area contributed by atoms with E-state index < -0.39 is 0 Å². The van der Waals surface area contributed by atoms with Crippen LogP contribution in [0.2, 0.25) is 0 Å². The molecule has 140 heavy (non-hydrogen) atoms. The zero-order valence-corrected chi connectivity index (χ0v) is 84.5. The molecule has 0 atom stereocenters. The first-order chi connectivity index (χ1) is 68.8. The van der Waals surface area contributed by atoms with Gasteiger partial charge in [-0.05, 0) is 235 Å². The molecule has 7 heteroatoms. The zero-order valence-electron chi connectivity index (χ0n) is 78.8. The van der Waals surface area contributed by atoms with Crippen molar-refractivity contribution in [3.63, 3.8) is 0 Å². The molecule has 28 aromatic rings. The normalized spacial score (nSPS) is 11.2. The molecule has 0 spiro atoms. The maximum absolute atomic E-state index is 2.33. The highest BCUT2D eigenvalue weighted by Crippen LogP contribution is 2.47. The predicted molar refractivity (Wildman–Crippen MR) is 627 cm³/mol. The molecule has 672 valence electrons. The molecule has 0 nitrogen and oxygen atoms in total. The molecule has 0 radical (unpaired) electrons. The minimum atomic E-state index is 1.28. The van der Waals surface area contributed by atoms with Crippen molar-refractivity contribution in [2.45, 2.75) is 48.5 Å². The summed E-state index contributed by atoms with van der Waals surface area (Å²) in [5.41, 5.74) is 27.5. The quantitative estimate of drug-likeness (QED) is 0.149.